The average Bonchev–Trinajstić information content (AvgIpc) is 3.01. The lowest BCUT2D eigenvalue weighted by molar-refractivity contribution is -0.121. The minimum absolute atomic E-state index is 0.0470. The van der Waals surface area contributed by atoms with Crippen LogP contribution < -0.4 is 10.1 Å². The topological polar surface area (TPSA) is 56.2 Å². The zero-order valence-corrected chi connectivity index (χ0v) is 17.0. The van der Waals surface area contributed by atoms with Crippen LogP contribution in [0.25, 0.3) is 5.69 Å². The summed E-state index contributed by atoms with van der Waals surface area (Å²) in [6.45, 7) is 4.38. The molecular weight excluding hydrogens is 369 g/mol. The van der Waals surface area contributed by atoms with Crippen molar-refractivity contribution in [3.8, 4) is 11.4 Å². The standard InChI is InChI=1S/C23H26FN3O2/c1-16-21(17(2)27(26-16)19-8-6-9-20(15-19)29-3)11-12-23(28)25-14-13-18-7-4-5-10-22(18)24/h4-10,15H,11-14H2,1-3H3,(H,25,28). The summed E-state index contributed by atoms with van der Waals surface area (Å²) in [6, 6.07) is 14.3. The predicted octanol–water partition coefficient (Wildman–Crippen LogP) is 3.93. The zero-order chi connectivity index (χ0) is 20.8. The van der Waals surface area contributed by atoms with Crippen LogP contribution in [0.4, 0.5) is 4.39 Å². The van der Waals surface area contributed by atoms with Crippen molar-refractivity contribution >= 4 is 5.91 Å². The van der Waals surface area contributed by atoms with E-state index in [1.165, 1.54) is 6.07 Å². The van der Waals surface area contributed by atoms with E-state index in [1.807, 2.05) is 42.8 Å². The summed E-state index contributed by atoms with van der Waals surface area (Å²) in [5, 5.41) is 7.50. The first kappa shape index (κ1) is 20.6. The van der Waals surface area contributed by atoms with Gasteiger partial charge in [0.1, 0.15) is 11.6 Å². The molecule has 3 aromatic rings. The molecule has 0 fully saturated rings. The third-order valence-corrected chi connectivity index (χ3v) is 5.02. The van der Waals surface area contributed by atoms with Crippen LogP contribution in [-0.4, -0.2) is 29.3 Å². The molecule has 0 unspecified atom stereocenters. The highest BCUT2D eigenvalue weighted by molar-refractivity contribution is 5.76. The zero-order valence-electron chi connectivity index (χ0n) is 17.0. The van der Waals surface area contributed by atoms with Gasteiger partial charge >= 0.3 is 0 Å². The number of ether oxygens (including phenoxy) is 1. The number of nitrogens with one attached hydrogen (secondary N) is 1. The molecule has 0 saturated carbocycles. The number of hydrogen-bond acceptors (Lipinski definition) is 3. The lowest BCUT2D eigenvalue weighted by Gasteiger charge is -2.08. The van der Waals surface area contributed by atoms with Crippen LogP contribution in [0, 0.1) is 19.7 Å². The van der Waals surface area contributed by atoms with Gasteiger partial charge in [0.25, 0.3) is 0 Å². The van der Waals surface area contributed by atoms with E-state index in [2.05, 4.69) is 10.4 Å². The molecule has 1 amide bonds. The molecule has 0 aliphatic heterocycles. The first-order valence-corrected chi connectivity index (χ1v) is 9.69. The van der Waals surface area contributed by atoms with Crippen molar-refractivity contribution < 1.29 is 13.9 Å². The first-order chi connectivity index (χ1) is 14.0. The van der Waals surface area contributed by atoms with Crippen LogP contribution in [0.5, 0.6) is 5.75 Å². The Morgan fingerprint density at radius 2 is 1.93 bits per heavy atom. The molecule has 0 atom stereocenters. The molecule has 0 bridgehead atoms. The second kappa shape index (κ2) is 9.37. The highest BCUT2D eigenvalue weighted by Gasteiger charge is 2.14. The maximum Gasteiger partial charge on any atom is 0.220 e. The molecule has 1 N–H and O–H groups in total. The molecule has 1 heterocycles. The third-order valence-electron chi connectivity index (χ3n) is 5.02. The van der Waals surface area contributed by atoms with E-state index < -0.39 is 0 Å². The number of hydrogen-bond donors (Lipinski definition) is 1. The van der Waals surface area contributed by atoms with Gasteiger partial charge in [0.2, 0.25) is 5.91 Å². The number of halogens is 1. The molecule has 5 nitrogen and oxygen atoms in total. The molecule has 0 radical (unpaired) electrons. The molecule has 6 heteroatoms. The lowest BCUT2D eigenvalue weighted by Crippen LogP contribution is -2.26. The number of carbonyl (C=O) groups is 1. The van der Waals surface area contributed by atoms with Crippen LogP contribution in [0.2, 0.25) is 0 Å². The van der Waals surface area contributed by atoms with Crippen molar-refractivity contribution in [2.24, 2.45) is 0 Å². The summed E-state index contributed by atoms with van der Waals surface area (Å²) < 4.78 is 20.8. The minimum Gasteiger partial charge on any atom is -0.497 e. The monoisotopic (exact) mass is 395 g/mol. The largest absolute Gasteiger partial charge is 0.497 e. The summed E-state index contributed by atoms with van der Waals surface area (Å²) in [6.07, 6.45) is 1.44. The van der Waals surface area contributed by atoms with Gasteiger partial charge in [0.15, 0.2) is 0 Å². The van der Waals surface area contributed by atoms with E-state index in [0.29, 0.717) is 31.4 Å². The Hall–Kier alpha value is -3.15. The van der Waals surface area contributed by atoms with Gasteiger partial charge < -0.3 is 10.1 Å². The molecule has 0 aliphatic rings. The number of carbonyl (C=O) groups excluding carboxylic acids is 1. The molecule has 152 valence electrons. The van der Waals surface area contributed by atoms with Crippen LogP contribution in [0.15, 0.2) is 48.5 Å². The molecule has 1 aromatic heterocycles. The van der Waals surface area contributed by atoms with Gasteiger partial charge in [-0.3, -0.25) is 4.79 Å². The quantitative estimate of drug-likeness (QED) is 0.629. The number of rotatable bonds is 8. The SMILES string of the molecule is COc1cccc(-n2nc(C)c(CCC(=O)NCCc3ccccc3F)c2C)c1. The number of aryl methyl sites for hydroxylation is 1. The van der Waals surface area contributed by atoms with Gasteiger partial charge in [-0.2, -0.15) is 5.10 Å². The maximum absolute atomic E-state index is 13.6. The molecule has 2 aromatic carbocycles. The summed E-state index contributed by atoms with van der Waals surface area (Å²) in [7, 11) is 1.64. The van der Waals surface area contributed by atoms with Crippen LogP contribution in [0.3, 0.4) is 0 Å². The molecule has 3 rings (SSSR count). The van der Waals surface area contributed by atoms with Crippen molar-refractivity contribution in [3.63, 3.8) is 0 Å². The van der Waals surface area contributed by atoms with E-state index in [4.69, 9.17) is 4.74 Å². The molecular formula is C23H26FN3O2. The summed E-state index contributed by atoms with van der Waals surface area (Å²) in [4.78, 5) is 12.2. The van der Waals surface area contributed by atoms with E-state index >= 15 is 0 Å². The van der Waals surface area contributed by atoms with Gasteiger partial charge in [0, 0.05) is 24.7 Å². The van der Waals surface area contributed by atoms with Gasteiger partial charge in [-0.1, -0.05) is 24.3 Å². The number of nitrogens with zero attached hydrogens (tertiary/aromatic N) is 2. The predicted molar refractivity (Wildman–Crippen MR) is 111 cm³/mol. The van der Waals surface area contributed by atoms with Gasteiger partial charge in [0.05, 0.1) is 18.5 Å². The summed E-state index contributed by atoms with van der Waals surface area (Å²) in [5.74, 6) is 0.484. The van der Waals surface area contributed by atoms with Crippen LogP contribution >= 0.6 is 0 Å². The molecule has 0 saturated heterocycles. The minimum atomic E-state index is -0.238. The fourth-order valence-corrected chi connectivity index (χ4v) is 3.40. The Kier molecular flexibility index (Phi) is 6.65. The number of benzene rings is 2. The molecule has 29 heavy (non-hydrogen) atoms. The lowest BCUT2D eigenvalue weighted by atomic mass is 10.1. The Bertz CT molecular complexity index is 998. The number of aromatic nitrogens is 2. The Morgan fingerprint density at radius 3 is 2.69 bits per heavy atom. The number of methoxy groups -OCH3 is 1. The van der Waals surface area contributed by atoms with Gasteiger partial charge in [-0.25, -0.2) is 9.07 Å². The van der Waals surface area contributed by atoms with Crippen molar-refractivity contribution in [2.45, 2.75) is 33.1 Å². The van der Waals surface area contributed by atoms with Crippen LogP contribution in [-0.2, 0) is 17.6 Å². The van der Waals surface area contributed by atoms with Crippen LogP contribution in [0.1, 0.15) is 28.9 Å². The summed E-state index contributed by atoms with van der Waals surface area (Å²) in [5.41, 5.74) is 4.51. The highest BCUT2D eigenvalue weighted by Crippen LogP contribution is 2.22. The normalized spacial score (nSPS) is 10.8. The van der Waals surface area contributed by atoms with E-state index in [1.54, 1.807) is 25.3 Å². The maximum atomic E-state index is 13.6. The van der Waals surface area contributed by atoms with Crippen molar-refractivity contribution in [1.29, 1.82) is 0 Å². The molecule has 0 aliphatic carbocycles. The Labute approximate surface area is 170 Å². The van der Waals surface area contributed by atoms with Crippen molar-refractivity contribution in [3.05, 3.63) is 76.9 Å². The van der Waals surface area contributed by atoms with Crippen molar-refractivity contribution in [2.75, 3.05) is 13.7 Å². The van der Waals surface area contributed by atoms with E-state index in [0.717, 1.165) is 28.4 Å². The number of amides is 1. The smallest absolute Gasteiger partial charge is 0.220 e. The second-order valence-electron chi connectivity index (χ2n) is 6.95. The average molecular weight is 395 g/mol. The second-order valence-corrected chi connectivity index (χ2v) is 6.95. The fraction of sp³-hybridized carbons (Fsp3) is 0.304. The molecule has 0 spiro atoms. The van der Waals surface area contributed by atoms with Crippen molar-refractivity contribution in [1.82, 2.24) is 15.1 Å². The summed E-state index contributed by atoms with van der Waals surface area (Å²) >= 11 is 0. The fourth-order valence-electron chi connectivity index (χ4n) is 3.40. The first-order valence-electron chi connectivity index (χ1n) is 9.69. The van der Waals surface area contributed by atoms with Gasteiger partial charge in [-0.15, -0.1) is 0 Å². The highest BCUT2D eigenvalue weighted by atomic mass is 19.1. The van der Waals surface area contributed by atoms with E-state index in [9.17, 15) is 9.18 Å². The Balaban J connectivity index is 1.58. The third kappa shape index (κ3) is 5.02. The van der Waals surface area contributed by atoms with Gasteiger partial charge in [-0.05, 0) is 56.0 Å². The van der Waals surface area contributed by atoms with E-state index in [-0.39, 0.29) is 11.7 Å². The Morgan fingerprint density at radius 1 is 1.14 bits per heavy atom.